The molecule has 0 fully saturated rings. The number of aromatic hydroxyl groups is 1. The molecule has 1 heterocycles. The second-order valence-electron chi connectivity index (χ2n) is 7.94. The molecule has 0 saturated heterocycles. The second-order valence-corrected chi connectivity index (χ2v) is 8.30. The van der Waals surface area contributed by atoms with Gasteiger partial charge in [-0.15, -0.1) is 0 Å². The number of nitrogens with zero attached hydrogens (tertiary/aromatic N) is 3. The first-order valence-corrected chi connectivity index (χ1v) is 11.2. The highest BCUT2D eigenvalue weighted by atomic mass is 32.1. The summed E-state index contributed by atoms with van der Waals surface area (Å²) in [4.78, 5) is 17.9. The van der Waals surface area contributed by atoms with E-state index in [0.717, 1.165) is 23.1 Å². The van der Waals surface area contributed by atoms with Crippen LogP contribution in [0.2, 0.25) is 0 Å². The minimum Gasteiger partial charge on any atom is -0.494 e. The molecule has 1 N–H and O–H groups in total. The molecule has 0 unspecified atom stereocenters. The fourth-order valence-electron chi connectivity index (χ4n) is 3.57. The maximum atomic E-state index is 13.4. The van der Waals surface area contributed by atoms with Gasteiger partial charge in [-0.05, 0) is 62.3 Å². The van der Waals surface area contributed by atoms with Gasteiger partial charge in [-0.25, -0.2) is 0 Å². The van der Waals surface area contributed by atoms with Gasteiger partial charge in [0.25, 0.3) is 5.56 Å². The van der Waals surface area contributed by atoms with E-state index in [2.05, 4.69) is 4.99 Å². The molecule has 0 bridgehead atoms. The molecule has 0 saturated carbocycles. The van der Waals surface area contributed by atoms with Gasteiger partial charge in [0.1, 0.15) is 5.56 Å². The highest BCUT2D eigenvalue weighted by Gasteiger charge is 2.18. The van der Waals surface area contributed by atoms with E-state index in [-0.39, 0.29) is 16.2 Å². The summed E-state index contributed by atoms with van der Waals surface area (Å²) in [5, 5.41) is 11.1. The minimum absolute atomic E-state index is 0.0952. The average Bonchev–Trinajstić information content (AvgIpc) is 2.81. The summed E-state index contributed by atoms with van der Waals surface area (Å²) in [7, 11) is 0. The molecule has 0 spiro atoms. The molecule has 0 radical (unpaired) electrons. The number of benzene rings is 3. The lowest BCUT2D eigenvalue weighted by atomic mass is 10.1. The summed E-state index contributed by atoms with van der Waals surface area (Å²) < 4.78 is 3.13. The van der Waals surface area contributed by atoms with Crippen molar-refractivity contribution in [1.29, 1.82) is 0 Å². The Hall–Kier alpha value is -3.77. The maximum Gasteiger partial charge on any atom is 0.271 e. The molecule has 1 aromatic heterocycles. The highest BCUT2D eigenvalue weighted by Crippen LogP contribution is 2.22. The number of aromatic nitrogens is 2. The van der Waals surface area contributed by atoms with Crippen molar-refractivity contribution in [2.75, 3.05) is 6.54 Å². The Morgan fingerprint density at radius 3 is 1.97 bits per heavy atom. The Labute approximate surface area is 197 Å². The molecule has 0 aliphatic carbocycles. The van der Waals surface area contributed by atoms with E-state index < -0.39 is 5.56 Å². The first kappa shape index (κ1) is 22.4. The Bertz CT molecular complexity index is 1400. The van der Waals surface area contributed by atoms with Crippen molar-refractivity contribution in [3.63, 3.8) is 0 Å². The lowest BCUT2D eigenvalue weighted by Crippen LogP contribution is -2.27. The van der Waals surface area contributed by atoms with Crippen molar-refractivity contribution in [1.82, 2.24) is 9.13 Å². The van der Waals surface area contributed by atoms with Gasteiger partial charge in [-0.2, -0.15) is 0 Å². The van der Waals surface area contributed by atoms with Crippen LogP contribution in [0.1, 0.15) is 22.3 Å². The predicted octanol–water partition coefficient (Wildman–Crippen LogP) is 5.34. The largest absolute Gasteiger partial charge is 0.494 e. The number of hydrogen-bond acceptors (Lipinski definition) is 4. The Morgan fingerprint density at radius 1 is 0.848 bits per heavy atom. The van der Waals surface area contributed by atoms with Gasteiger partial charge in [0.05, 0.1) is 11.4 Å². The standard InChI is InChI=1S/C27H25N3O2S/c1-19-8-12-22(13-9-19)29-25(31)24(18-28-17-16-21-6-4-3-5-7-21)26(32)30(27(29)33)23-14-10-20(2)11-15-23/h3-15,18,31H,16-17H2,1-2H3. The van der Waals surface area contributed by atoms with Gasteiger partial charge in [-0.3, -0.25) is 18.9 Å². The molecule has 3 aromatic carbocycles. The van der Waals surface area contributed by atoms with Crippen LogP contribution < -0.4 is 5.56 Å². The van der Waals surface area contributed by atoms with Crippen LogP contribution in [0.3, 0.4) is 0 Å². The third-order valence-electron chi connectivity index (χ3n) is 5.45. The van der Waals surface area contributed by atoms with E-state index in [1.54, 1.807) is 0 Å². The highest BCUT2D eigenvalue weighted by molar-refractivity contribution is 7.71. The fourth-order valence-corrected chi connectivity index (χ4v) is 3.95. The maximum absolute atomic E-state index is 13.4. The molecule has 5 nitrogen and oxygen atoms in total. The summed E-state index contributed by atoms with van der Waals surface area (Å²) in [6.07, 6.45) is 2.19. The molecule has 33 heavy (non-hydrogen) atoms. The third-order valence-corrected chi connectivity index (χ3v) is 5.81. The first-order valence-electron chi connectivity index (χ1n) is 10.7. The van der Waals surface area contributed by atoms with Crippen molar-refractivity contribution in [2.24, 2.45) is 4.99 Å². The topological polar surface area (TPSA) is 59.5 Å². The minimum atomic E-state index is -0.409. The van der Waals surface area contributed by atoms with E-state index >= 15 is 0 Å². The van der Waals surface area contributed by atoms with Crippen LogP contribution in [0, 0.1) is 18.6 Å². The molecule has 4 rings (SSSR count). The SMILES string of the molecule is Cc1ccc(-n2c(O)c(C=NCCc3ccccc3)c(=O)n(-c3ccc(C)cc3)c2=S)cc1. The third kappa shape index (κ3) is 4.86. The molecule has 0 aliphatic heterocycles. The molecular formula is C27H25N3O2S. The van der Waals surface area contributed by atoms with Crippen LogP contribution in [-0.2, 0) is 6.42 Å². The Balaban J connectivity index is 1.83. The normalized spacial score (nSPS) is 11.2. The van der Waals surface area contributed by atoms with Crippen molar-refractivity contribution in [2.45, 2.75) is 20.3 Å². The Morgan fingerprint density at radius 2 is 1.39 bits per heavy atom. The summed E-state index contributed by atoms with van der Waals surface area (Å²) in [6.45, 7) is 4.46. The zero-order valence-corrected chi connectivity index (χ0v) is 19.4. The smallest absolute Gasteiger partial charge is 0.271 e. The zero-order valence-electron chi connectivity index (χ0n) is 18.6. The lowest BCUT2D eigenvalue weighted by Gasteiger charge is -2.16. The first-order chi connectivity index (χ1) is 16.0. The fraction of sp³-hybridized carbons (Fsp3) is 0.148. The van der Waals surface area contributed by atoms with Gasteiger partial charge in [0.2, 0.25) is 5.88 Å². The molecule has 166 valence electrons. The van der Waals surface area contributed by atoms with Crippen LogP contribution in [0.5, 0.6) is 5.88 Å². The van der Waals surface area contributed by atoms with E-state index in [1.165, 1.54) is 15.3 Å². The summed E-state index contributed by atoms with van der Waals surface area (Å²) in [5.74, 6) is -0.222. The van der Waals surface area contributed by atoms with Crippen LogP contribution >= 0.6 is 12.2 Å². The van der Waals surface area contributed by atoms with Crippen molar-refractivity contribution < 1.29 is 5.11 Å². The van der Waals surface area contributed by atoms with E-state index in [1.807, 2.05) is 92.7 Å². The van der Waals surface area contributed by atoms with Crippen LogP contribution in [0.15, 0.2) is 88.6 Å². The number of aryl methyl sites for hydroxylation is 2. The molecular weight excluding hydrogens is 430 g/mol. The van der Waals surface area contributed by atoms with Gasteiger partial charge >= 0.3 is 0 Å². The Kier molecular flexibility index (Phi) is 6.66. The number of rotatable bonds is 6. The van der Waals surface area contributed by atoms with E-state index in [4.69, 9.17) is 12.2 Å². The second kappa shape index (κ2) is 9.79. The predicted molar refractivity (Wildman–Crippen MR) is 136 cm³/mol. The van der Waals surface area contributed by atoms with Crippen LogP contribution in [0.4, 0.5) is 0 Å². The quantitative estimate of drug-likeness (QED) is 0.315. The van der Waals surface area contributed by atoms with Crippen molar-refractivity contribution in [3.8, 4) is 17.3 Å². The van der Waals surface area contributed by atoms with Crippen LogP contribution in [0.25, 0.3) is 11.4 Å². The van der Waals surface area contributed by atoms with Crippen LogP contribution in [-0.4, -0.2) is 27.0 Å². The number of hydrogen-bond donors (Lipinski definition) is 1. The van der Waals surface area contributed by atoms with Gasteiger partial charge in [0.15, 0.2) is 4.77 Å². The van der Waals surface area contributed by atoms with Crippen molar-refractivity contribution >= 4 is 18.4 Å². The van der Waals surface area contributed by atoms with Crippen molar-refractivity contribution in [3.05, 3.63) is 116 Å². The average molecular weight is 456 g/mol. The number of aliphatic imine (C=N–C) groups is 1. The monoisotopic (exact) mass is 455 g/mol. The molecule has 0 amide bonds. The van der Waals surface area contributed by atoms with Gasteiger partial charge < -0.3 is 5.11 Å². The summed E-state index contributed by atoms with van der Waals surface area (Å²) >= 11 is 5.68. The molecule has 6 heteroatoms. The summed E-state index contributed by atoms with van der Waals surface area (Å²) in [6, 6.07) is 25.2. The van der Waals surface area contributed by atoms with Gasteiger partial charge in [0, 0.05) is 12.8 Å². The van der Waals surface area contributed by atoms with E-state index in [0.29, 0.717) is 17.9 Å². The van der Waals surface area contributed by atoms with E-state index in [9.17, 15) is 9.90 Å². The molecule has 0 atom stereocenters. The van der Waals surface area contributed by atoms with Gasteiger partial charge in [-0.1, -0.05) is 65.7 Å². The molecule has 4 aromatic rings. The molecule has 0 aliphatic rings. The zero-order chi connectivity index (χ0) is 23.4. The lowest BCUT2D eigenvalue weighted by molar-refractivity contribution is 0.430. The summed E-state index contributed by atoms with van der Waals surface area (Å²) in [5.41, 5.74) is 4.31.